The number of carbonyl (C=O) groups excluding carboxylic acids is 1. The molecule has 1 aromatic rings. The summed E-state index contributed by atoms with van der Waals surface area (Å²) in [5, 5.41) is 4.04. The van der Waals surface area contributed by atoms with E-state index in [1.807, 2.05) is 13.8 Å². The molecule has 1 aliphatic rings. The lowest BCUT2D eigenvalue weighted by molar-refractivity contribution is -0.120. The van der Waals surface area contributed by atoms with E-state index < -0.39 is 0 Å². The van der Waals surface area contributed by atoms with Gasteiger partial charge in [0.1, 0.15) is 5.78 Å². The number of ketones is 1. The smallest absolute Gasteiger partial charge is 0.236 e. The summed E-state index contributed by atoms with van der Waals surface area (Å²) in [4.78, 5) is 16.0. The Balaban J connectivity index is 2.06. The molecule has 0 bridgehead atoms. The normalized spacial score (nSPS) is 19.2. The van der Waals surface area contributed by atoms with Crippen LogP contribution in [0.5, 0.6) is 0 Å². The average Bonchev–Trinajstić information content (AvgIpc) is 2.87. The van der Waals surface area contributed by atoms with Crippen LogP contribution in [0.25, 0.3) is 0 Å². The van der Waals surface area contributed by atoms with Crippen LogP contribution in [-0.2, 0) is 4.79 Å². The highest BCUT2D eigenvalue weighted by molar-refractivity contribution is 5.83. The molecule has 0 saturated heterocycles. The highest BCUT2D eigenvalue weighted by Gasteiger charge is 2.24. The first-order chi connectivity index (χ1) is 8.22. The minimum Gasteiger partial charge on any atom is -0.339 e. The topological polar surface area (TPSA) is 56.0 Å². The van der Waals surface area contributed by atoms with E-state index in [1.165, 1.54) is 19.3 Å². The molecule has 4 heteroatoms. The Hall–Kier alpha value is -1.19. The Labute approximate surface area is 102 Å². The molecule has 1 aliphatic carbocycles. The van der Waals surface area contributed by atoms with Crippen molar-refractivity contribution in [2.24, 2.45) is 0 Å². The fourth-order valence-electron chi connectivity index (χ4n) is 2.39. The summed E-state index contributed by atoms with van der Waals surface area (Å²) < 4.78 is 5.22. The molecule has 1 unspecified atom stereocenters. The maximum Gasteiger partial charge on any atom is 0.236 e. The summed E-state index contributed by atoms with van der Waals surface area (Å²) in [5.74, 6) is 1.62. The number of hydrogen-bond acceptors (Lipinski definition) is 4. The highest BCUT2D eigenvalue weighted by atomic mass is 16.5. The van der Waals surface area contributed by atoms with E-state index in [9.17, 15) is 4.79 Å². The molecule has 17 heavy (non-hydrogen) atoms. The van der Waals surface area contributed by atoms with Crippen LogP contribution in [0.15, 0.2) is 4.52 Å². The third kappa shape index (κ3) is 2.73. The van der Waals surface area contributed by atoms with Gasteiger partial charge in [-0.1, -0.05) is 31.3 Å². The first kappa shape index (κ1) is 12.3. The second kappa shape index (κ2) is 5.43. The van der Waals surface area contributed by atoms with Gasteiger partial charge in [-0.2, -0.15) is 4.98 Å². The maximum atomic E-state index is 11.6. The first-order valence-electron chi connectivity index (χ1n) is 6.58. The van der Waals surface area contributed by atoms with Gasteiger partial charge in [0.2, 0.25) is 5.89 Å². The summed E-state index contributed by atoms with van der Waals surface area (Å²) in [7, 11) is 0. The molecular weight excluding hydrogens is 216 g/mol. The molecule has 0 aromatic carbocycles. The fraction of sp³-hybridized carbons (Fsp3) is 0.769. The second-order valence-corrected chi connectivity index (χ2v) is 4.87. The summed E-state index contributed by atoms with van der Waals surface area (Å²) >= 11 is 0. The molecule has 1 atom stereocenters. The van der Waals surface area contributed by atoms with E-state index in [-0.39, 0.29) is 11.7 Å². The molecule has 0 aliphatic heterocycles. The molecule has 2 rings (SSSR count). The van der Waals surface area contributed by atoms with Crippen molar-refractivity contribution < 1.29 is 9.32 Å². The zero-order valence-electron chi connectivity index (χ0n) is 10.6. The van der Waals surface area contributed by atoms with Gasteiger partial charge in [0.15, 0.2) is 5.82 Å². The van der Waals surface area contributed by atoms with Crippen molar-refractivity contribution in [1.82, 2.24) is 10.1 Å². The number of hydrogen-bond donors (Lipinski definition) is 0. The molecule has 1 saturated carbocycles. The van der Waals surface area contributed by atoms with Crippen molar-refractivity contribution in [3.8, 4) is 0 Å². The lowest BCUT2D eigenvalue weighted by Gasteiger charge is -2.17. The summed E-state index contributed by atoms with van der Waals surface area (Å²) in [6.07, 6.45) is 6.62. The first-order valence-corrected chi connectivity index (χ1v) is 6.58. The summed E-state index contributed by atoms with van der Waals surface area (Å²) in [5.41, 5.74) is 0. The average molecular weight is 236 g/mol. The van der Waals surface area contributed by atoms with Crippen LogP contribution in [-0.4, -0.2) is 15.9 Å². The zero-order chi connectivity index (χ0) is 12.3. The van der Waals surface area contributed by atoms with Crippen molar-refractivity contribution in [3.05, 3.63) is 11.7 Å². The number of aromatic nitrogens is 2. The molecule has 4 nitrogen and oxygen atoms in total. The van der Waals surface area contributed by atoms with Crippen LogP contribution in [0, 0.1) is 0 Å². The Kier molecular flexibility index (Phi) is 3.92. The van der Waals surface area contributed by atoms with Crippen molar-refractivity contribution >= 4 is 5.78 Å². The lowest BCUT2D eigenvalue weighted by atomic mass is 9.89. The van der Waals surface area contributed by atoms with Crippen molar-refractivity contribution in [3.63, 3.8) is 0 Å². The standard InChI is InChI=1S/C13H20N2O2/c1-3-11(16)9(2)13-14-12(15-17-13)10-7-5-4-6-8-10/h9-10H,3-8H2,1-2H3. The van der Waals surface area contributed by atoms with Gasteiger partial charge in [0.05, 0.1) is 5.92 Å². The van der Waals surface area contributed by atoms with Crippen LogP contribution < -0.4 is 0 Å². The molecule has 0 N–H and O–H groups in total. The SMILES string of the molecule is CCC(=O)C(C)c1nc(C2CCCCC2)no1. The molecule has 0 spiro atoms. The van der Waals surface area contributed by atoms with Gasteiger partial charge in [0, 0.05) is 12.3 Å². The maximum absolute atomic E-state index is 11.6. The van der Waals surface area contributed by atoms with Gasteiger partial charge in [-0.3, -0.25) is 4.79 Å². The molecule has 0 amide bonds. The third-order valence-corrected chi connectivity index (χ3v) is 3.63. The van der Waals surface area contributed by atoms with Gasteiger partial charge in [-0.05, 0) is 19.8 Å². The number of carbonyl (C=O) groups is 1. The van der Waals surface area contributed by atoms with Crippen LogP contribution in [0.4, 0.5) is 0 Å². The van der Waals surface area contributed by atoms with E-state index in [1.54, 1.807) is 0 Å². The van der Waals surface area contributed by atoms with Gasteiger partial charge < -0.3 is 4.52 Å². The predicted molar refractivity (Wildman–Crippen MR) is 63.8 cm³/mol. The third-order valence-electron chi connectivity index (χ3n) is 3.63. The molecule has 0 radical (unpaired) electrons. The Morgan fingerprint density at radius 2 is 2.12 bits per heavy atom. The summed E-state index contributed by atoms with van der Waals surface area (Å²) in [6, 6.07) is 0. The fourth-order valence-corrected chi connectivity index (χ4v) is 2.39. The number of nitrogens with zero attached hydrogens (tertiary/aromatic N) is 2. The Morgan fingerprint density at radius 3 is 2.76 bits per heavy atom. The van der Waals surface area contributed by atoms with Crippen LogP contribution in [0.1, 0.15) is 75.9 Å². The van der Waals surface area contributed by atoms with Gasteiger partial charge in [-0.15, -0.1) is 0 Å². The summed E-state index contributed by atoms with van der Waals surface area (Å²) in [6.45, 7) is 3.70. The lowest BCUT2D eigenvalue weighted by Crippen LogP contribution is -2.09. The number of rotatable bonds is 4. The molecule has 1 fully saturated rings. The highest BCUT2D eigenvalue weighted by Crippen LogP contribution is 2.31. The Bertz CT molecular complexity index is 381. The Morgan fingerprint density at radius 1 is 1.41 bits per heavy atom. The van der Waals surface area contributed by atoms with E-state index in [2.05, 4.69) is 10.1 Å². The van der Waals surface area contributed by atoms with Crippen molar-refractivity contribution in [1.29, 1.82) is 0 Å². The van der Waals surface area contributed by atoms with E-state index >= 15 is 0 Å². The molecule has 1 aromatic heterocycles. The van der Waals surface area contributed by atoms with Gasteiger partial charge in [-0.25, -0.2) is 0 Å². The monoisotopic (exact) mass is 236 g/mol. The quantitative estimate of drug-likeness (QED) is 0.805. The van der Waals surface area contributed by atoms with Crippen LogP contribution in [0.2, 0.25) is 0 Å². The van der Waals surface area contributed by atoms with E-state index in [0.29, 0.717) is 18.2 Å². The molecule has 94 valence electrons. The van der Waals surface area contributed by atoms with Gasteiger partial charge >= 0.3 is 0 Å². The van der Waals surface area contributed by atoms with Crippen molar-refractivity contribution in [2.75, 3.05) is 0 Å². The zero-order valence-corrected chi connectivity index (χ0v) is 10.6. The molecular formula is C13H20N2O2. The molecule has 1 heterocycles. The van der Waals surface area contributed by atoms with Crippen LogP contribution >= 0.6 is 0 Å². The van der Waals surface area contributed by atoms with Crippen LogP contribution in [0.3, 0.4) is 0 Å². The minimum atomic E-state index is -0.259. The number of Topliss-reactive ketones (excluding diaryl/α,β-unsaturated/α-hetero) is 1. The predicted octanol–water partition coefficient (Wildman–Crippen LogP) is 3.20. The second-order valence-electron chi connectivity index (χ2n) is 4.87. The van der Waals surface area contributed by atoms with Gasteiger partial charge in [0.25, 0.3) is 0 Å². The van der Waals surface area contributed by atoms with E-state index in [4.69, 9.17) is 4.52 Å². The van der Waals surface area contributed by atoms with E-state index in [0.717, 1.165) is 18.7 Å². The largest absolute Gasteiger partial charge is 0.339 e. The minimum absolute atomic E-state index is 0.156. The van der Waals surface area contributed by atoms with Crippen molar-refractivity contribution in [2.45, 2.75) is 64.2 Å².